The maximum atomic E-state index is 13.0. The molecule has 2 amide bonds. The second kappa shape index (κ2) is 8.18. The van der Waals surface area contributed by atoms with E-state index in [4.69, 9.17) is 4.74 Å². The van der Waals surface area contributed by atoms with Crippen LogP contribution in [0.3, 0.4) is 0 Å². The smallest absolute Gasteiger partial charge is 0.246 e. The molecule has 1 aliphatic heterocycles. The maximum absolute atomic E-state index is 13.0. The normalized spacial score (nSPS) is 39.5. The third-order valence-corrected chi connectivity index (χ3v) is 10.1. The van der Waals surface area contributed by atoms with Crippen molar-refractivity contribution < 1.29 is 14.3 Å². The Bertz CT molecular complexity index is 974. The number of carbonyl (C=O) groups is 2. The molecule has 1 heterocycles. The van der Waals surface area contributed by atoms with E-state index in [0.29, 0.717) is 36.1 Å². The quantitative estimate of drug-likeness (QED) is 0.679. The number of nitrogens with zero attached hydrogens (tertiary/aromatic N) is 1. The Labute approximate surface area is 197 Å². The van der Waals surface area contributed by atoms with Crippen molar-refractivity contribution >= 4 is 17.5 Å². The highest BCUT2D eigenvalue weighted by molar-refractivity contribution is 5.91. The van der Waals surface area contributed by atoms with Crippen LogP contribution < -0.4 is 10.1 Å². The fourth-order valence-electron chi connectivity index (χ4n) is 8.32. The Morgan fingerprint density at radius 1 is 1.15 bits per heavy atom. The average molecular weight is 451 g/mol. The van der Waals surface area contributed by atoms with Gasteiger partial charge in [0.15, 0.2) is 0 Å². The first-order valence-corrected chi connectivity index (χ1v) is 12.7. The molecule has 0 spiro atoms. The van der Waals surface area contributed by atoms with Gasteiger partial charge in [0.05, 0.1) is 7.11 Å². The van der Waals surface area contributed by atoms with Gasteiger partial charge in [-0.15, -0.1) is 0 Å². The number of fused-ring (bicyclic) bond motifs is 5. The summed E-state index contributed by atoms with van der Waals surface area (Å²) in [7, 11) is 3.62. The molecule has 3 aliphatic carbocycles. The van der Waals surface area contributed by atoms with E-state index in [-0.39, 0.29) is 22.6 Å². The predicted molar refractivity (Wildman–Crippen MR) is 130 cm³/mol. The van der Waals surface area contributed by atoms with Gasteiger partial charge in [-0.3, -0.25) is 9.59 Å². The number of nitrogens with one attached hydrogen (secondary N) is 1. The zero-order valence-electron chi connectivity index (χ0n) is 20.5. The number of amides is 2. The Morgan fingerprint density at radius 3 is 2.76 bits per heavy atom. The van der Waals surface area contributed by atoms with Crippen molar-refractivity contribution in [3.8, 4) is 5.75 Å². The highest BCUT2D eigenvalue weighted by atomic mass is 16.5. The minimum atomic E-state index is 0.0781. The van der Waals surface area contributed by atoms with Crippen LogP contribution in [-0.4, -0.2) is 36.9 Å². The van der Waals surface area contributed by atoms with E-state index in [2.05, 4.69) is 25.2 Å². The molecule has 5 heteroatoms. The van der Waals surface area contributed by atoms with Crippen molar-refractivity contribution in [3.63, 3.8) is 0 Å². The van der Waals surface area contributed by atoms with Crippen molar-refractivity contribution in [1.29, 1.82) is 0 Å². The molecular formula is C28H38N2O3. The van der Waals surface area contributed by atoms with Gasteiger partial charge in [-0.05, 0) is 85.8 Å². The summed E-state index contributed by atoms with van der Waals surface area (Å²) in [5.74, 6) is 3.47. The summed E-state index contributed by atoms with van der Waals surface area (Å²) in [6, 6.07) is 7.92. The molecule has 5 nitrogen and oxygen atoms in total. The molecule has 3 fully saturated rings. The number of benzene rings is 1. The van der Waals surface area contributed by atoms with Crippen LogP contribution in [0.4, 0.5) is 5.69 Å². The molecular weight excluding hydrogens is 412 g/mol. The van der Waals surface area contributed by atoms with Gasteiger partial charge in [0.1, 0.15) is 5.75 Å². The highest BCUT2D eigenvalue weighted by Gasteiger charge is 2.60. The maximum Gasteiger partial charge on any atom is 0.246 e. The zero-order valence-corrected chi connectivity index (χ0v) is 20.5. The van der Waals surface area contributed by atoms with Crippen LogP contribution in [0, 0.1) is 34.5 Å². The number of ether oxygens (including phenoxy) is 1. The largest absolute Gasteiger partial charge is 0.497 e. The first kappa shape index (κ1) is 22.5. The van der Waals surface area contributed by atoms with Crippen LogP contribution in [0.5, 0.6) is 5.75 Å². The number of methoxy groups -OCH3 is 1. The number of rotatable bonds is 4. The molecule has 33 heavy (non-hydrogen) atoms. The standard InChI is InChI=1S/C28H38N2O3/c1-27-14-12-23-21(9-11-24-28(23,2)15-13-26(32)30(24)3)22(27)10-8-18(27)16-25(31)29-19-6-5-7-20(17-19)33-4/h5-7,13,15,17-18,21-24H,8-12,14,16H2,1-4H3,(H,29,31)/t18-,21+,22+,23+,24-,27-,28-/m1/s1. The van der Waals surface area contributed by atoms with Crippen molar-refractivity contribution in [2.75, 3.05) is 19.5 Å². The van der Waals surface area contributed by atoms with Gasteiger partial charge in [-0.2, -0.15) is 0 Å². The molecule has 7 atom stereocenters. The lowest BCUT2D eigenvalue weighted by Gasteiger charge is -2.60. The Kier molecular flexibility index (Phi) is 5.57. The lowest BCUT2D eigenvalue weighted by atomic mass is 9.47. The van der Waals surface area contributed by atoms with Crippen LogP contribution in [0.25, 0.3) is 0 Å². The Balaban J connectivity index is 1.30. The van der Waals surface area contributed by atoms with Crippen molar-refractivity contribution in [2.24, 2.45) is 34.5 Å². The summed E-state index contributed by atoms with van der Waals surface area (Å²) in [6.07, 6.45) is 11.7. The first-order chi connectivity index (χ1) is 15.8. The monoisotopic (exact) mass is 450 g/mol. The van der Waals surface area contributed by atoms with Crippen LogP contribution in [0.1, 0.15) is 58.8 Å². The molecule has 0 radical (unpaired) electrons. The number of hydrogen-bond donors (Lipinski definition) is 1. The molecule has 1 N–H and O–H groups in total. The topological polar surface area (TPSA) is 58.6 Å². The fraction of sp³-hybridized carbons (Fsp3) is 0.643. The molecule has 178 valence electrons. The number of carbonyl (C=O) groups excluding carboxylic acids is 2. The molecule has 0 saturated heterocycles. The second-order valence-corrected chi connectivity index (χ2v) is 11.4. The molecule has 0 bridgehead atoms. The van der Waals surface area contributed by atoms with E-state index in [1.807, 2.05) is 42.3 Å². The summed E-state index contributed by atoms with van der Waals surface area (Å²) in [5.41, 5.74) is 1.11. The van der Waals surface area contributed by atoms with E-state index in [0.717, 1.165) is 24.3 Å². The molecule has 1 aromatic carbocycles. The van der Waals surface area contributed by atoms with Gasteiger partial charge in [0.25, 0.3) is 0 Å². The lowest BCUT2D eigenvalue weighted by molar-refractivity contribution is -0.139. The number of hydrogen-bond acceptors (Lipinski definition) is 3. The lowest BCUT2D eigenvalue weighted by Crippen LogP contribution is -2.59. The van der Waals surface area contributed by atoms with Crippen LogP contribution in [0.2, 0.25) is 0 Å². The van der Waals surface area contributed by atoms with Gasteiger partial charge in [0.2, 0.25) is 11.8 Å². The van der Waals surface area contributed by atoms with Crippen LogP contribution in [-0.2, 0) is 9.59 Å². The highest BCUT2D eigenvalue weighted by Crippen LogP contribution is 2.65. The van der Waals surface area contributed by atoms with E-state index in [1.54, 1.807) is 7.11 Å². The molecule has 5 rings (SSSR count). The van der Waals surface area contributed by atoms with E-state index < -0.39 is 0 Å². The van der Waals surface area contributed by atoms with Crippen LogP contribution >= 0.6 is 0 Å². The van der Waals surface area contributed by atoms with E-state index in [9.17, 15) is 9.59 Å². The van der Waals surface area contributed by atoms with Gasteiger partial charge in [-0.1, -0.05) is 26.0 Å². The predicted octanol–water partition coefficient (Wildman–Crippen LogP) is 5.28. The van der Waals surface area contributed by atoms with Gasteiger partial charge < -0.3 is 15.0 Å². The summed E-state index contributed by atoms with van der Waals surface area (Å²) in [4.78, 5) is 27.3. The second-order valence-electron chi connectivity index (χ2n) is 11.4. The molecule has 3 saturated carbocycles. The van der Waals surface area contributed by atoms with Crippen LogP contribution in [0.15, 0.2) is 36.4 Å². The van der Waals surface area contributed by atoms with Crippen molar-refractivity contribution in [3.05, 3.63) is 36.4 Å². The fourth-order valence-corrected chi connectivity index (χ4v) is 8.32. The average Bonchev–Trinajstić information content (AvgIpc) is 3.13. The summed E-state index contributed by atoms with van der Waals surface area (Å²) < 4.78 is 5.29. The summed E-state index contributed by atoms with van der Waals surface area (Å²) in [6.45, 7) is 4.86. The van der Waals surface area contributed by atoms with E-state index >= 15 is 0 Å². The van der Waals surface area contributed by atoms with Crippen molar-refractivity contribution in [1.82, 2.24) is 4.90 Å². The SMILES string of the molecule is COc1cccc(NC(=O)C[C@H]2CC[C@H]3[C@@H]4CC[C@H]5N(C)C(=O)C=C[C@]5(C)[C@H]4CC[C@]23C)c1. The van der Waals surface area contributed by atoms with Gasteiger partial charge in [0, 0.05) is 36.7 Å². The number of likely N-dealkylation sites (N-methyl/N-ethyl adjacent to an activating group) is 1. The van der Waals surface area contributed by atoms with Crippen molar-refractivity contribution in [2.45, 2.75) is 64.8 Å². The van der Waals surface area contributed by atoms with E-state index in [1.165, 1.54) is 25.7 Å². The third kappa shape index (κ3) is 3.59. The summed E-state index contributed by atoms with van der Waals surface area (Å²) in [5, 5.41) is 3.10. The third-order valence-electron chi connectivity index (χ3n) is 10.1. The minimum absolute atomic E-state index is 0.0781. The Morgan fingerprint density at radius 2 is 1.97 bits per heavy atom. The van der Waals surface area contributed by atoms with Gasteiger partial charge >= 0.3 is 0 Å². The molecule has 4 aliphatic rings. The number of anilines is 1. The minimum Gasteiger partial charge on any atom is -0.497 e. The molecule has 0 unspecified atom stereocenters. The molecule has 0 aromatic heterocycles. The molecule has 1 aromatic rings. The first-order valence-electron chi connectivity index (χ1n) is 12.7. The summed E-state index contributed by atoms with van der Waals surface area (Å²) >= 11 is 0. The Hall–Kier alpha value is -2.30. The zero-order chi connectivity index (χ0) is 23.4. The van der Waals surface area contributed by atoms with Gasteiger partial charge in [-0.25, -0.2) is 0 Å².